The molecule has 0 saturated carbocycles. The molecule has 0 aliphatic carbocycles. The van der Waals surface area contributed by atoms with E-state index in [0.717, 1.165) is 7.05 Å². The van der Waals surface area contributed by atoms with Gasteiger partial charge in [0.2, 0.25) is 0 Å². The van der Waals surface area contributed by atoms with Gasteiger partial charge in [0.05, 0.1) is 5.02 Å². The third kappa shape index (κ3) is 2.97. The molecule has 5 nitrogen and oxygen atoms in total. The summed E-state index contributed by atoms with van der Waals surface area (Å²) in [4.78, 5) is 28.6. The van der Waals surface area contributed by atoms with E-state index < -0.39 is 23.1 Å². The predicted molar refractivity (Wildman–Crippen MR) is 73.4 cm³/mol. The zero-order valence-corrected chi connectivity index (χ0v) is 12.3. The molecule has 2 rings (SSSR count). The van der Waals surface area contributed by atoms with Gasteiger partial charge in [-0.2, -0.15) is 13.2 Å². The minimum absolute atomic E-state index is 0.0852. The van der Waals surface area contributed by atoms with Crippen LogP contribution in [0.2, 0.25) is 10.0 Å². The average Bonchev–Trinajstić information content (AvgIpc) is 2.42. The van der Waals surface area contributed by atoms with Gasteiger partial charge in [0.25, 0.3) is 5.56 Å². The van der Waals surface area contributed by atoms with Gasteiger partial charge in [0.15, 0.2) is 5.75 Å². The van der Waals surface area contributed by atoms with Crippen molar-refractivity contribution in [2.45, 2.75) is 6.18 Å². The number of hydrogen-bond donors (Lipinski definition) is 0. The Bertz CT molecular complexity index is 843. The van der Waals surface area contributed by atoms with Crippen molar-refractivity contribution in [1.29, 1.82) is 0 Å². The quantitative estimate of drug-likeness (QED) is 0.833. The third-order valence-corrected chi connectivity index (χ3v) is 3.48. The highest BCUT2D eigenvalue weighted by Gasteiger charge is 2.35. The lowest BCUT2D eigenvalue weighted by molar-refractivity contribution is -0.144. The first-order valence-corrected chi connectivity index (χ1v) is 6.41. The molecule has 1 aromatic heterocycles. The van der Waals surface area contributed by atoms with Gasteiger partial charge < -0.3 is 4.84 Å². The van der Waals surface area contributed by atoms with E-state index in [1.54, 1.807) is 0 Å². The van der Waals surface area contributed by atoms with E-state index in [9.17, 15) is 22.8 Å². The zero-order chi connectivity index (χ0) is 16.7. The zero-order valence-electron chi connectivity index (χ0n) is 10.8. The molecule has 0 saturated heterocycles. The summed E-state index contributed by atoms with van der Waals surface area (Å²) in [5.41, 5.74) is -3.98. The first-order valence-electron chi connectivity index (χ1n) is 5.65. The first kappa shape index (κ1) is 16.4. The molecule has 10 heteroatoms. The molecular weight excluding hydrogens is 348 g/mol. The highest BCUT2D eigenvalue weighted by Crippen LogP contribution is 2.31. The van der Waals surface area contributed by atoms with Crippen LogP contribution in [0.4, 0.5) is 13.2 Å². The standard InChI is InChI=1S/C12H7Cl2F3N2O3/c1-18-8(12(15,16)17)5-9(20)19(11(18)21)22-7-4-2-3-6(13)10(7)14/h2-5H,1H3. The summed E-state index contributed by atoms with van der Waals surface area (Å²) < 4.78 is 38.5. The molecule has 1 aromatic carbocycles. The highest BCUT2D eigenvalue weighted by molar-refractivity contribution is 6.42. The Morgan fingerprint density at radius 2 is 1.82 bits per heavy atom. The van der Waals surface area contributed by atoms with Crippen LogP contribution < -0.4 is 16.1 Å². The summed E-state index contributed by atoms with van der Waals surface area (Å²) in [5.74, 6) is -0.145. The molecule has 0 aliphatic rings. The summed E-state index contributed by atoms with van der Waals surface area (Å²) >= 11 is 11.6. The number of rotatable bonds is 2. The van der Waals surface area contributed by atoms with E-state index in [1.165, 1.54) is 18.2 Å². The molecule has 2 aromatic rings. The molecule has 118 valence electrons. The van der Waals surface area contributed by atoms with E-state index in [0.29, 0.717) is 0 Å². The fraction of sp³-hybridized carbons (Fsp3) is 0.167. The SMILES string of the molecule is Cn1c(C(F)(F)F)cc(=O)n(Oc2cccc(Cl)c2Cl)c1=O. The molecule has 0 fully saturated rings. The van der Waals surface area contributed by atoms with E-state index in [1.807, 2.05) is 0 Å². The lowest BCUT2D eigenvalue weighted by Gasteiger charge is -2.14. The van der Waals surface area contributed by atoms with Crippen LogP contribution in [0.1, 0.15) is 5.69 Å². The Labute approximate surface area is 131 Å². The van der Waals surface area contributed by atoms with Crippen LogP contribution in [-0.2, 0) is 13.2 Å². The van der Waals surface area contributed by atoms with Gasteiger partial charge >= 0.3 is 11.9 Å². The first-order chi connectivity index (χ1) is 10.1. The maximum atomic E-state index is 12.7. The van der Waals surface area contributed by atoms with Gasteiger partial charge in [-0.05, 0) is 12.1 Å². The van der Waals surface area contributed by atoms with Crippen LogP contribution in [-0.4, -0.2) is 9.30 Å². The monoisotopic (exact) mass is 354 g/mol. The number of aromatic nitrogens is 2. The van der Waals surface area contributed by atoms with Crippen molar-refractivity contribution in [1.82, 2.24) is 9.30 Å². The second kappa shape index (κ2) is 5.69. The van der Waals surface area contributed by atoms with Crippen molar-refractivity contribution in [3.8, 4) is 5.75 Å². The Morgan fingerprint density at radius 3 is 2.41 bits per heavy atom. The number of nitrogens with zero attached hydrogens (tertiary/aromatic N) is 2. The van der Waals surface area contributed by atoms with Gasteiger partial charge in [-0.3, -0.25) is 9.36 Å². The summed E-state index contributed by atoms with van der Waals surface area (Å²) in [6.07, 6.45) is -4.85. The maximum Gasteiger partial charge on any atom is 0.431 e. The molecule has 0 N–H and O–H groups in total. The van der Waals surface area contributed by atoms with E-state index in [-0.39, 0.29) is 31.2 Å². The summed E-state index contributed by atoms with van der Waals surface area (Å²) in [5, 5.41) is 0.00830. The third-order valence-electron chi connectivity index (χ3n) is 2.68. The van der Waals surface area contributed by atoms with Crippen LogP contribution in [0.5, 0.6) is 5.75 Å². The highest BCUT2D eigenvalue weighted by atomic mass is 35.5. The van der Waals surface area contributed by atoms with Gasteiger partial charge in [0, 0.05) is 13.1 Å². The molecule has 0 aliphatic heterocycles. The van der Waals surface area contributed by atoms with Crippen LogP contribution in [0.15, 0.2) is 33.9 Å². The lowest BCUT2D eigenvalue weighted by Crippen LogP contribution is -2.43. The molecule has 0 atom stereocenters. The van der Waals surface area contributed by atoms with Gasteiger partial charge in [-0.1, -0.05) is 34.0 Å². The summed E-state index contributed by atoms with van der Waals surface area (Å²) in [6.45, 7) is 0. The molecule has 0 unspecified atom stereocenters. The smallest absolute Gasteiger partial charge is 0.366 e. The molecule has 0 amide bonds. The van der Waals surface area contributed by atoms with Gasteiger partial charge in [0.1, 0.15) is 10.7 Å². The topological polar surface area (TPSA) is 53.2 Å². The van der Waals surface area contributed by atoms with Crippen molar-refractivity contribution < 1.29 is 18.0 Å². The number of hydrogen-bond acceptors (Lipinski definition) is 3. The Kier molecular flexibility index (Phi) is 4.25. The maximum absolute atomic E-state index is 12.7. The lowest BCUT2D eigenvalue weighted by atomic mass is 10.3. The normalized spacial score (nSPS) is 11.5. The van der Waals surface area contributed by atoms with Gasteiger partial charge in [-0.25, -0.2) is 4.79 Å². The van der Waals surface area contributed by atoms with Crippen LogP contribution in [0.3, 0.4) is 0 Å². The van der Waals surface area contributed by atoms with Crippen molar-refractivity contribution in [2.75, 3.05) is 0 Å². The Hall–Kier alpha value is -1.93. The summed E-state index contributed by atoms with van der Waals surface area (Å²) in [6, 6.07) is 4.42. The predicted octanol–water partition coefficient (Wildman–Crippen LogP) is 2.71. The average molecular weight is 355 g/mol. The number of alkyl halides is 3. The largest absolute Gasteiger partial charge is 0.431 e. The fourth-order valence-electron chi connectivity index (χ4n) is 1.61. The summed E-state index contributed by atoms with van der Waals surface area (Å²) in [7, 11) is 0.865. The van der Waals surface area contributed by atoms with Crippen molar-refractivity contribution in [3.05, 3.63) is 60.8 Å². The second-order valence-electron chi connectivity index (χ2n) is 4.14. The van der Waals surface area contributed by atoms with Gasteiger partial charge in [-0.15, -0.1) is 0 Å². The van der Waals surface area contributed by atoms with E-state index in [4.69, 9.17) is 28.0 Å². The molecular formula is C12H7Cl2F3N2O3. The number of halogens is 5. The number of benzene rings is 1. The van der Waals surface area contributed by atoms with E-state index >= 15 is 0 Å². The molecule has 0 spiro atoms. The fourth-order valence-corrected chi connectivity index (χ4v) is 1.94. The second-order valence-corrected chi connectivity index (χ2v) is 4.93. The molecule has 22 heavy (non-hydrogen) atoms. The minimum atomic E-state index is -4.85. The molecule has 0 bridgehead atoms. The van der Waals surface area contributed by atoms with Crippen molar-refractivity contribution in [2.24, 2.45) is 7.05 Å². The Morgan fingerprint density at radius 1 is 1.18 bits per heavy atom. The molecule has 1 heterocycles. The van der Waals surface area contributed by atoms with Crippen molar-refractivity contribution in [3.63, 3.8) is 0 Å². The van der Waals surface area contributed by atoms with Crippen LogP contribution in [0.25, 0.3) is 0 Å². The van der Waals surface area contributed by atoms with Crippen molar-refractivity contribution >= 4 is 23.2 Å². The van der Waals surface area contributed by atoms with Crippen LogP contribution in [0, 0.1) is 0 Å². The molecule has 0 radical (unpaired) electrons. The minimum Gasteiger partial charge on any atom is -0.366 e. The Balaban J connectivity index is 2.59. The van der Waals surface area contributed by atoms with Crippen LogP contribution >= 0.6 is 23.2 Å². The van der Waals surface area contributed by atoms with E-state index in [2.05, 4.69) is 0 Å².